The highest BCUT2D eigenvalue weighted by Gasteiger charge is 2.52. The first kappa shape index (κ1) is 46.9. The van der Waals surface area contributed by atoms with Crippen LogP contribution in [0.5, 0.6) is 11.6 Å². The Kier molecular flexibility index (Phi) is 13.1. The van der Waals surface area contributed by atoms with Gasteiger partial charge in [0.05, 0.1) is 0 Å². The molecule has 0 radical (unpaired) electrons. The molecule has 0 saturated carbocycles. The molecule has 0 amide bonds. The standard InChI is InChI=1S/C24BF20.C16H14NOS/c26-5-1(6(27)14(35)21(42)13(5)34)25(2-7(28)15(36)22(43)16(37)8(2)29,3-9(30)17(38)23(44)18(39)10(3)31)4-11(32)19(40)24(45)20(41)12(4)33;1-3-7-14(8-4-1)11-17-13-19-12-16(17)18-15-9-5-2-6-10-15/h;1-10,12-13H,11H2/q-1;+1. The molecule has 2 nitrogen and oxygen atoms in total. The third kappa shape index (κ3) is 7.55. The monoisotopic (exact) mass is 947 g/mol. The van der Waals surface area contributed by atoms with Crippen molar-refractivity contribution >= 4 is 39.3 Å². The van der Waals surface area contributed by atoms with Gasteiger partial charge >= 0.3 is 5.88 Å². The van der Waals surface area contributed by atoms with E-state index in [1.807, 2.05) is 41.8 Å². The smallest absolute Gasteiger partial charge is 0.384 e. The molecular weight excluding hydrogens is 933 g/mol. The van der Waals surface area contributed by atoms with E-state index in [1.54, 1.807) is 11.3 Å². The zero-order chi connectivity index (χ0) is 47.3. The summed E-state index contributed by atoms with van der Waals surface area (Å²) < 4.78 is 302. The Labute approximate surface area is 347 Å². The van der Waals surface area contributed by atoms with Crippen molar-refractivity contribution in [3.8, 4) is 11.6 Å². The van der Waals surface area contributed by atoms with Crippen LogP contribution in [0.25, 0.3) is 0 Å². The number of benzene rings is 6. The number of rotatable bonds is 8. The lowest BCUT2D eigenvalue weighted by Gasteiger charge is -2.44. The van der Waals surface area contributed by atoms with Crippen LogP contribution in [0, 0.1) is 116 Å². The van der Waals surface area contributed by atoms with Crippen molar-refractivity contribution in [1.82, 2.24) is 0 Å². The maximum atomic E-state index is 15.4. The highest BCUT2D eigenvalue weighted by molar-refractivity contribution is 7.20. The topological polar surface area (TPSA) is 13.1 Å². The van der Waals surface area contributed by atoms with Crippen LogP contribution in [0.2, 0.25) is 0 Å². The summed E-state index contributed by atoms with van der Waals surface area (Å²) in [7, 11) is 0. The highest BCUT2D eigenvalue weighted by atomic mass is 32.1. The fourth-order valence-electron chi connectivity index (χ4n) is 6.74. The van der Waals surface area contributed by atoms with E-state index in [9.17, 15) is 52.7 Å². The van der Waals surface area contributed by atoms with Crippen molar-refractivity contribution < 1.29 is 97.1 Å². The summed E-state index contributed by atoms with van der Waals surface area (Å²) in [5, 5.41) is 2.02. The highest BCUT2D eigenvalue weighted by Crippen LogP contribution is 2.31. The normalized spacial score (nSPS) is 11.5. The van der Waals surface area contributed by atoms with E-state index in [2.05, 4.69) is 34.3 Å². The van der Waals surface area contributed by atoms with E-state index in [0.29, 0.717) is 0 Å². The van der Waals surface area contributed by atoms with Gasteiger partial charge in [-0.1, -0.05) is 59.9 Å². The van der Waals surface area contributed by atoms with Gasteiger partial charge < -0.3 is 4.74 Å². The SMILES string of the molecule is Fc1c(F)c(F)c([B-](c2c(F)c(F)c(F)c(F)c2F)(c2c(F)c(F)c(F)c(F)c2F)c2c(F)c(F)c(F)c(F)c2F)c(F)c1F.c1ccc(C[n+]2cscc2Oc2ccccc2)cc1. The van der Waals surface area contributed by atoms with Crippen molar-refractivity contribution in [2.75, 3.05) is 0 Å². The Morgan fingerprint density at radius 2 is 0.625 bits per heavy atom. The van der Waals surface area contributed by atoms with Gasteiger partial charge in [0.1, 0.15) is 63.8 Å². The Bertz CT molecular complexity index is 2510. The van der Waals surface area contributed by atoms with E-state index in [0.717, 1.165) is 18.2 Å². The molecule has 1 aromatic heterocycles. The Morgan fingerprint density at radius 3 is 0.922 bits per heavy atom. The van der Waals surface area contributed by atoms with E-state index in [1.165, 1.54) is 5.56 Å². The molecule has 64 heavy (non-hydrogen) atoms. The third-order valence-electron chi connectivity index (χ3n) is 9.51. The minimum atomic E-state index is -7.22. The van der Waals surface area contributed by atoms with Crippen molar-refractivity contribution in [2.45, 2.75) is 6.54 Å². The van der Waals surface area contributed by atoms with Crippen molar-refractivity contribution in [3.05, 3.63) is 193 Å². The molecule has 7 aromatic rings. The second kappa shape index (κ2) is 17.9. The van der Waals surface area contributed by atoms with E-state index >= 15 is 35.1 Å². The molecule has 7 rings (SSSR count). The van der Waals surface area contributed by atoms with Crippen LogP contribution in [0.4, 0.5) is 87.8 Å². The number of para-hydroxylation sites is 1. The quantitative estimate of drug-likeness (QED) is 0.0487. The molecule has 0 aliphatic heterocycles. The minimum Gasteiger partial charge on any atom is -0.405 e. The first-order valence-electron chi connectivity index (χ1n) is 17.1. The first-order valence-corrected chi connectivity index (χ1v) is 18.0. The molecule has 0 spiro atoms. The molecule has 0 aliphatic carbocycles. The van der Waals surface area contributed by atoms with Crippen LogP contribution in [-0.2, 0) is 6.54 Å². The third-order valence-corrected chi connectivity index (χ3v) is 10.2. The van der Waals surface area contributed by atoms with Gasteiger partial charge in [0.25, 0.3) is 0 Å². The minimum absolute atomic E-state index is 0.826. The summed E-state index contributed by atoms with van der Waals surface area (Å²) in [5.74, 6) is -69.7. The number of aromatic nitrogens is 1. The number of halogens is 20. The molecule has 0 aliphatic rings. The summed E-state index contributed by atoms with van der Waals surface area (Å²) in [5.41, 5.74) is -11.0. The Hall–Kier alpha value is -6.59. The fourth-order valence-corrected chi connectivity index (χ4v) is 7.43. The van der Waals surface area contributed by atoms with Crippen LogP contribution >= 0.6 is 11.3 Å². The summed E-state index contributed by atoms with van der Waals surface area (Å²) >= 11 is 1.64. The Morgan fingerprint density at radius 1 is 0.359 bits per heavy atom. The van der Waals surface area contributed by atoms with Crippen LogP contribution < -0.4 is 31.2 Å². The lowest BCUT2D eigenvalue weighted by molar-refractivity contribution is -0.687. The molecule has 1 heterocycles. The van der Waals surface area contributed by atoms with Gasteiger partial charge in [-0.3, -0.25) is 0 Å². The lowest BCUT2D eigenvalue weighted by Crippen LogP contribution is -2.81. The molecule has 0 fully saturated rings. The zero-order valence-corrected chi connectivity index (χ0v) is 31.4. The maximum absolute atomic E-state index is 15.4. The Balaban J connectivity index is 0.000000295. The van der Waals surface area contributed by atoms with Gasteiger partial charge in [-0.25, -0.2) is 87.8 Å². The van der Waals surface area contributed by atoms with Gasteiger partial charge in [-0.05, 0) is 12.1 Å². The van der Waals surface area contributed by atoms with Crippen LogP contribution in [0.15, 0.2) is 71.6 Å². The maximum Gasteiger partial charge on any atom is 0.384 e. The summed E-state index contributed by atoms with van der Waals surface area (Å²) in [4.78, 5) is 0. The van der Waals surface area contributed by atoms with E-state index in [-0.39, 0.29) is 0 Å². The molecule has 0 atom stereocenters. The first-order chi connectivity index (χ1) is 30.1. The number of nitrogens with zero attached hydrogens (tertiary/aromatic N) is 1. The van der Waals surface area contributed by atoms with Crippen LogP contribution in [-0.4, -0.2) is 6.15 Å². The predicted molar refractivity (Wildman–Crippen MR) is 186 cm³/mol. The molecule has 6 aromatic carbocycles. The van der Waals surface area contributed by atoms with Crippen LogP contribution in [0.1, 0.15) is 5.56 Å². The number of thiazole rings is 1. The van der Waals surface area contributed by atoms with Crippen molar-refractivity contribution in [3.63, 3.8) is 0 Å². The van der Waals surface area contributed by atoms with Gasteiger partial charge in [0.2, 0.25) is 5.51 Å². The lowest BCUT2D eigenvalue weighted by atomic mass is 9.12. The van der Waals surface area contributed by atoms with Gasteiger partial charge in [-0.15, -0.1) is 21.9 Å². The molecule has 0 N–H and O–H groups in total. The molecule has 24 heteroatoms. The van der Waals surface area contributed by atoms with E-state index in [4.69, 9.17) is 4.74 Å². The van der Waals surface area contributed by atoms with E-state index < -0.39 is 144 Å². The molecule has 334 valence electrons. The summed E-state index contributed by atoms with van der Waals surface area (Å²) in [6.45, 7) is 0.826. The van der Waals surface area contributed by atoms with Gasteiger partial charge in [-0.2, -0.15) is 4.57 Å². The summed E-state index contributed by atoms with van der Waals surface area (Å²) in [6.07, 6.45) is -7.22. The molecule has 0 unspecified atom stereocenters. The average Bonchev–Trinajstić information content (AvgIpc) is 3.72. The fraction of sp³-hybridized carbons (Fsp3) is 0.0250. The molecule has 0 saturated heterocycles. The van der Waals surface area contributed by atoms with Crippen molar-refractivity contribution in [2.24, 2.45) is 0 Å². The predicted octanol–water partition coefficient (Wildman–Crippen LogP) is 9.72. The van der Waals surface area contributed by atoms with Crippen LogP contribution in [0.3, 0.4) is 0 Å². The summed E-state index contributed by atoms with van der Waals surface area (Å²) in [6, 6.07) is 20.2. The molecule has 0 bridgehead atoms. The number of hydrogen-bond acceptors (Lipinski definition) is 2. The van der Waals surface area contributed by atoms with Gasteiger partial charge in [0.15, 0.2) is 76.4 Å². The van der Waals surface area contributed by atoms with Crippen molar-refractivity contribution in [1.29, 1.82) is 0 Å². The van der Waals surface area contributed by atoms with Gasteiger partial charge in [0, 0.05) is 5.56 Å². The zero-order valence-electron chi connectivity index (χ0n) is 30.5. The second-order valence-electron chi connectivity index (χ2n) is 13.0. The molecular formula is C40H14BF20NOS. The second-order valence-corrected chi connectivity index (χ2v) is 13.7. The number of ether oxygens (including phenoxy) is 1. The number of hydrogen-bond donors (Lipinski definition) is 0. The average molecular weight is 947 g/mol. The largest absolute Gasteiger partial charge is 0.405 e.